The number of nitrogens with zero attached hydrogens (tertiary/aromatic N) is 3. The number of nitrogens with one attached hydrogen (secondary N) is 1. The molecule has 0 saturated carbocycles. The Morgan fingerprint density at radius 2 is 2.03 bits per heavy atom. The number of rotatable bonds is 5. The van der Waals surface area contributed by atoms with Gasteiger partial charge in [0.05, 0.1) is 29.3 Å². The molecule has 10 heteroatoms. The van der Waals surface area contributed by atoms with E-state index < -0.39 is 0 Å². The Kier molecular flexibility index (Phi) is 7.58. The number of carboxylic acid groups (broad SMARTS) is 1. The Balaban J connectivity index is 0.000000858. The second kappa shape index (κ2) is 10.2. The van der Waals surface area contributed by atoms with Crippen LogP contribution in [-0.2, 0) is 19.1 Å². The largest absolute Gasteiger partial charge is 0.483 e. The second-order valence-corrected chi connectivity index (χ2v) is 9.11. The summed E-state index contributed by atoms with van der Waals surface area (Å²) in [7, 11) is 0. The fourth-order valence-electron chi connectivity index (χ4n) is 3.77. The molecule has 3 heterocycles. The summed E-state index contributed by atoms with van der Waals surface area (Å²) >= 11 is 1.49. The maximum absolute atomic E-state index is 12.7. The van der Waals surface area contributed by atoms with E-state index in [4.69, 9.17) is 14.6 Å². The van der Waals surface area contributed by atoms with E-state index in [2.05, 4.69) is 29.0 Å². The molecule has 2 aliphatic rings. The number of morpholine rings is 1. The minimum Gasteiger partial charge on any atom is -0.483 e. The van der Waals surface area contributed by atoms with E-state index >= 15 is 0 Å². The molecule has 0 spiro atoms. The maximum atomic E-state index is 12.7. The van der Waals surface area contributed by atoms with Crippen LogP contribution in [-0.4, -0.2) is 78.2 Å². The first kappa shape index (κ1) is 23.1. The molecular weight excluding hydrogens is 420 g/mol. The van der Waals surface area contributed by atoms with Gasteiger partial charge in [-0.1, -0.05) is 23.5 Å². The molecule has 1 unspecified atom stereocenters. The highest BCUT2D eigenvalue weighted by molar-refractivity contribution is 7.22. The Hall–Kier alpha value is -2.56. The Labute approximate surface area is 185 Å². The van der Waals surface area contributed by atoms with Crippen LogP contribution >= 0.6 is 11.3 Å². The molecule has 1 aromatic carbocycles. The van der Waals surface area contributed by atoms with Crippen LogP contribution < -0.4 is 10.2 Å². The molecule has 2 aliphatic heterocycles. The number of aromatic nitrogens is 1. The van der Waals surface area contributed by atoms with Gasteiger partial charge in [0, 0.05) is 38.1 Å². The fraction of sp³-hybridized carbons (Fsp3) is 0.524. The average Bonchev–Trinajstić information content (AvgIpc) is 3.36. The van der Waals surface area contributed by atoms with Crippen molar-refractivity contribution >= 4 is 45.0 Å². The lowest BCUT2D eigenvalue weighted by Gasteiger charge is -2.41. The molecule has 4 rings (SSSR count). The molecule has 0 aliphatic carbocycles. The average molecular weight is 449 g/mol. The first-order valence-electron chi connectivity index (χ1n) is 10.2. The molecule has 9 nitrogen and oxygen atoms in total. The standard InChI is InChI=1S/C20H26N4O3S.CH2O2/c1-20(2,23-7-9-27-10-8-23)13-21-18(26)14-11-17(25)24(12-14)19-22-15-5-3-4-6-16(15)28-19;2-1-3/h3-6,14H,7-13H2,1-2H3,(H,21,26);1H,(H,2,3). The van der Waals surface area contributed by atoms with Crippen LogP contribution in [0.25, 0.3) is 10.2 Å². The third-order valence-corrected chi connectivity index (χ3v) is 6.63. The number of hydrogen-bond acceptors (Lipinski definition) is 7. The van der Waals surface area contributed by atoms with E-state index in [1.165, 1.54) is 11.3 Å². The van der Waals surface area contributed by atoms with Crippen LogP contribution in [0.5, 0.6) is 0 Å². The molecule has 2 amide bonds. The first-order chi connectivity index (χ1) is 14.9. The van der Waals surface area contributed by atoms with Crippen molar-refractivity contribution in [3.05, 3.63) is 24.3 Å². The van der Waals surface area contributed by atoms with Gasteiger partial charge in [0.1, 0.15) is 0 Å². The third kappa shape index (κ3) is 5.57. The van der Waals surface area contributed by atoms with E-state index in [0.29, 0.717) is 18.2 Å². The fourth-order valence-corrected chi connectivity index (χ4v) is 4.76. The van der Waals surface area contributed by atoms with Crippen molar-refractivity contribution in [2.45, 2.75) is 25.8 Å². The van der Waals surface area contributed by atoms with E-state index in [9.17, 15) is 9.59 Å². The minimum absolute atomic E-state index is 0.0355. The zero-order valence-corrected chi connectivity index (χ0v) is 18.6. The maximum Gasteiger partial charge on any atom is 0.290 e. The van der Waals surface area contributed by atoms with Gasteiger partial charge in [-0.25, -0.2) is 4.98 Å². The van der Waals surface area contributed by atoms with Crippen LogP contribution in [0, 0.1) is 5.92 Å². The summed E-state index contributed by atoms with van der Waals surface area (Å²) < 4.78 is 6.46. The first-order valence-corrected chi connectivity index (χ1v) is 11.0. The van der Waals surface area contributed by atoms with E-state index in [1.807, 2.05) is 24.3 Å². The van der Waals surface area contributed by atoms with Gasteiger partial charge in [0.2, 0.25) is 11.8 Å². The topological polar surface area (TPSA) is 112 Å². The summed E-state index contributed by atoms with van der Waals surface area (Å²) in [6.45, 7) is 8.15. The Morgan fingerprint density at radius 3 is 2.71 bits per heavy atom. The van der Waals surface area contributed by atoms with Gasteiger partial charge in [-0.2, -0.15) is 0 Å². The highest BCUT2D eigenvalue weighted by Crippen LogP contribution is 2.32. The molecule has 2 fully saturated rings. The lowest BCUT2D eigenvalue weighted by Crippen LogP contribution is -2.55. The zero-order valence-electron chi connectivity index (χ0n) is 17.7. The van der Waals surface area contributed by atoms with Gasteiger partial charge in [0.25, 0.3) is 6.47 Å². The van der Waals surface area contributed by atoms with E-state index in [0.717, 1.165) is 36.5 Å². The molecule has 0 radical (unpaired) electrons. The third-order valence-electron chi connectivity index (χ3n) is 5.57. The molecule has 1 aromatic heterocycles. The minimum atomic E-state index is -0.333. The zero-order chi connectivity index (χ0) is 22.4. The number of carbonyl (C=O) groups is 3. The number of para-hydroxylation sites is 1. The van der Waals surface area contributed by atoms with E-state index in [1.54, 1.807) is 4.90 Å². The highest BCUT2D eigenvalue weighted by atomic mass is 32.1. The van der Waals surface area contributed by atoms with Crippen molar-refractivity contribution in [3.63, 3.8) is 0 Å². The second-order valence-electron chi connectivity index (χ2n) is 8.10. The molecule has 2 saturated heterocycles. The molecular formula is C21H28N4O5S. The van der Waals surface area contributed by atoms with Crippen LogP contribution in [0.4, 0.5) is 5.13 Å². The van der Waals surface area contributed by atoms with Crippen molar-refractivity contribution in [2.75, 3.05) is 44.3 Å². The number of ether oxygens (including phenoxy) is 1. The number of benzene rings is 1. The summed E-state index contributed by atoms with van der Waals surface area (Å²) in [6, 6.07) is 7.83. The summed E-state index contributed by atoms with van der Waals surface area (Å²) in [4.78, 5) is 42.1. The van der Waals surface area contributed by atoms with Crippen molar-refractivity contribution in [1.29, 1.82) is 0 Å². The molecule has 2 N–H and O–H groups in total. The quantitative estimate of drug-likeness (QED) is 0.668. The van der Waals surface area contributed by atoms with Crippen molar-refractivity contribution in [1.82, 2.24) is 15.2 Å². The molecule has 31 heavy (non-hydrogen) atoms. The van der Waals surface area contributed by atoms with Gasteiger partial charge < -0.3 is 15.2 Å². The number of carbonyl (C=O) groups excluding carboxylic acids is 2. The smallest absolute Gasteiger partial charge is 0.290 e. The summed E-state index contributed by atoms with van der Waals surface area (Å²) in [6.07, 6.45) is 0.236. The number of hydrogen-bond donors (Lipinski definition) is 2. The number of fused-ring (bicyclic) bond motifs is 1. The number of anilines is 1. The lowest BCUT2D eigenvalue weighted by molar-refractivity contribution is -0.127. The van der Waals surface area contributed by atoms with Crippen LogP contribution in [0.2, 0.25) is 0 Å². The SMILES string of the molecule is CC(C)(CNC(=O)C1CC(=O)N(c2nc3ccccc3s2)C1)N1CCOCC1.O=CO. The number of amides is 2. The van der Waals surface area contributed by atoms with Gasteiger partial charge >= 0.3 is 0 Å². The van der Waals surface area contributed by atoms with Crippen molar-refractivity contribution in [3.8, 4) is 0 Å². The normalized spacial score (nSPS) is 19.7. The van der Waals surface area contributed by atoms with Crippen LogP contribution in [0.15, 0.2) is 24.3 Å². The van der Waals surface area contributed by atoms with E-state index in [-0.39, 0.29) is 36.2 Å². The highest BCUT2D eigenvalue weighted by Gasteiger charge is 2.37. The monoisotopic (exact) mass is 448 g/mol. The van der Waals surface area contributed by atoms with Crippen LogP contribution in [0.1, 0.15) is 20.3 Å². The van der Waals surface area contributed by atoms with Gasteiger partial charge in [-0.3, -0.25) is 24.2 Å². The molecule has 2 aromatic rings. The molecule has 0 bridgehead atoms. The summed E-state index contributed by atoms with van der Waals surface area (Å²) in [5.74, 6) is -0.426. The predicted molar refractivity (Wildman–Crippen MR) is 118 cm³/mol. The van der Waals surface area contributed by atoms with Crippen molar-refractivity contribution < 1.29 is 24.2 Å². The summed E-state index contributed by atoms with van der Waals surface area (Å²) in [5.41, 5.74) is 0.741. The van der Waals surface area contributed by atoms with Gasteiger partial charge in [-0.05, 0) is 26.0 Å². The van der Waals surface area contributed by atoms with Gasteiger partial charge in [0.15, 0.2) is 5.13 Å². The predicted octanol–water partition coefficient (Wildman–Crippen LogP) is 1.58. The summed E-state index contributed by atoms with van der Waals surface area (Å²) in [5, 5.41) is 10.6. The Morgan fingerprint density at radius 1 is 1.35 bits per heavy atom. The molecule has 1 atom stereocenters. The lowest BCUT2D eigenvalue weighted by atomic mass is 10.0. The Bertz CT molecular complexity index is 892. The molecule has 168 valence electrons. The number of thiazole rings is 1. The van der Waals surface area contributed by atoms with Gasteiger partial charge in [-0.15, -0.1) is 0 Å². The van der Waals surface area contributed by atoms with Crippen molar-refractivity contribution in [2.24, 2.45) is 5.92 Å². The van der Waals surface area contributed by atoms with Crippen LogP contribution in [0.3, 0.4) is 0 Å².